The maximum Gasteiger partial charge on any atom is 0.125 e. The van der Waals surface area contributed by atoms with Gasteiger partial charge in [-0.3, -0.25) is 0 Å². The van der Waals surface area contributed by atoms with Gasteiger partial charge in [0.05, 0.1) is 0 Å². The molecule has 124 valence electrons. The first-order chi connectivity index (χ1) is 12.1. The van der Waals surface area contributed by atoms with E-state index in [1.807, 2.05) is 0 Å². The van der Waals surface area contributed by atoms with E-state index in [1.165, 1.54) is 43.8 Å². The van der Waals surface area contributed by atoms with Gasteiger partial charge in [0.15, 0.2) is 0 Å². The highest BCUT2D eigenvalue weighted by atomic mass is 16.5. The highest BCUT2D eigenvalue weighted by Crippen LogP contribution is 2.31. The highest BCUT2D eigenvalue weighted by molar-refractivity contribution is 6.02. The molecule has 0 aromatic heterocycles. The van der Waals surface area contributed by atoms with Crippen molar-refractivity contribution in [2.75, 3.05) is 0 Å². The van der Waals surface area contributed by atoms with E-state index in [4.69, 9.17) is 4.74 Å². The first-order valence-corrected chi connectivity index (χ1v) is 8.73. The minimum absolute atomic E-state index is 0.576. The lowest BCUT2D eigenvalue weighted by atomic mass is 9.97. The van der Waals surface area contributed by atoms with Crippen molar-refractivity contribution in [2.24, 2.45) is 0 Å². The fourth-order valence-corrected chi connectivity index (χ4v) is 3.80. The van der Waals surface area contributed by atoms with Crippen LogP contribution in [0.2, 0.25) is 0 Å². The molecular formula is C24H22O. The van der Waals surface area contributed by atoms with E-state index in [0.29, 0.717) is 6.61 Å². The molecule has 0 saturated heterocycles. The Morgan fingerprint density at radius 2 is 1.20 bits per heavy atom. The molecule has 4 rings (SSSR count). The van der Waals surface area contributed by atoms with Crippen molar-refractivity contribution < 1.29 is 4.74 Å². The lowest BCUT2D eigenvalue weighted by Crippen LogP contribution is -2.01. The molecule has 0 spiro atoms. The van der Waals surface area contributed by atoms with Crippen molar-refractivity contribution in [1.82, 2.24) is 0 Å². The molecule has 0 atom stereocenters. The molecule has 4 aromatic carbocycles. The van der Waals surface area contributed by atoms with Gasteiger partial charge in [0.2, 0.25) is 0 Å². The van der Waals surface area contributed by atoms with Gasteiger partial charge in [0.25, 0.3) is 0 Å². The monoisotopic (exact) mass is 326 g/mol. The molecule has 0 bridgehead atoms. The van der Waals surface area contributed by atoms with Gasteiger partial charge in [-0.2, -0.15) is 0 Å². The maximum atomic E-state index is 6.32. The molecule has 1 heteroatoms. The lowest BCUT2D eigenvalue weighted by Gasteiger charge is -2.16. The van der Waals surface area contributed by atoms with E-state index in [2.05, 4.69) is 87.5 Å². The average molecular weight is 326 g/mol. The van der Waals surface area contributed by atoms with Crippen molar-refractivity contribution >= 4 is 21.5 Å². The molecule has 0 radical (unpaired) electrons. The first kappa shape index (κ1) is 15.7. The smallest absolute Gasteiger partial charge is 0.125 e. The van der Waals surface area contributed by atoms with Crippen LogP contribution in [0.25, 0.3) is 21.5 Å². The summed E-state index contributed by atoms with van der Waals surface area (Å²) in [7, 11) is 0. The second kappa shape index (κ2) is 6.25. The molecule has 0 heterocycles. The molecule has 0 aliphatic rings. The standard InChI is InChI=1S/C24H22O/c1-16-12-17(2)24(18(3)13-16)25-15-23-21-10-6-4-8-19(21)14-20-9-5-7-11-22(20)23/h4-14H,15H2,1-3H3. The Kier molecular flexibility index (Phi) is 3.93. The van der Waals surface area contributed by atoms with Crippen LogP contribution < -0.4 is 4.74 Å². The minimum atomic E-state index is 0.576. The zero-order valence-corrected chi connectivity index (χ0v) is 15.0. The van der Waals surface area contributed by atoms with Crippen LogP contribution in [-0.2, 0) is 6.61 Å². The van der Waals surface area contributed by atoms with Crippen LogP contribution in [0.15, 0.2) is 66.7 Å². The third kappa shape index (κ3) is 2.87. The van der Waals surface area contributed by atoms with E-state index in [9.17, 15) is 0 Å². The Morgan fingerprint density at radius 3 is 1.76 bits per heavy atom. The van der Waals surface area contributed by atoms with Crippen LogP contribution in [0.1, 0.15) is 22.3 Å². The Labute approximate surface area is 148 Å². The summed E-state index contributed by atoms with van der Waals surface area (Å²) in [5.41, 5.74) is 4.93. The summed E-state index contributed by atoms with van der Waals surface area (Å²) >= 11 is 0. The predicted octanol–water partition coefficient (Wildman–Crippen LogP) is 6.50. The molecule has 1 nitrogen and oxygen atoms in total. The quantitative estimate of drug-likeness (QED) is 0.391. The van der Waals surface area contributed by atoms with E-state index < -0.39 is 0 Å². The second-order valence-corrected chi connectivity index (χ2v) is 6.81. The van der Waals surface area contributed by atoms with Crippen LogP contribution in [0.5, 0.6) is 5.75 Å². The molecule has 0 aliphatic heterocycles. The summed E-state index contributed by atoms with van der Waals surface area (Å²) in [5, 5.41) is 5.06. The fourth-order valence-electron chi connectivity index (χ4n) is 3.80. The van der Waals surface area contributed by atoms with E-state index in [0.717, 1.165) is 5.75 Å². The molecule has 0 aliphatic carbocycles. The number of benzene rings is 4. The van der Waals surface area contributed by atoms with Crippen molar-refractivity contribution in [1.29, 1.82) is 0 Å². The number of ether oxygens (including phenoxy) is 1. The SMILES string of the molecule is Cc1cc(C)c(OCc2c3ccccc3cc3ccccc23)c(C)c1. The lowest BCUT2D eigenvalue weighted by molar-refractivity contribution is 0.304. The normalized spacial score (nSPS) is 11.2. The number of hydrogen-bond donors (Lipinski definition) is 0. The number of aryl methyl sites for hydroxylation is 3. The van der Waals surface area contributed by atoms with Gasteiger partial charge in [-0.05, 0) is 59.5 Å². The van der Waals surface area contributed by atoms with Crippen molar-refractivity contribution in [3.05, 3.63) is 89.0 Å². The van der Waals surface area contributed by atoms with Gasteiger partial charge in [0, 0.05) is 5.56 Å². The van der Waals surface area contributed by atoms with Gasteiger partial charge in [-0.1, -0.05) is 66.2 Å². The van der Waals surface area contributed by atoms with Gasteiger partial charge in [0.1, 0.15) is 12.4 Å². The predicted molar refractivity (Wildman–Crippen MR) is 106 cm³/mol. The molecule has 0 amide bonds. The summed E-state index contributed by atoms with van der Waals surface area (Å²) in [5.74, 6) is 1.00. The van der Waals surface area contributed by atoms with E-state index in [1.54, 1.807) is 0 Å². The summed E-state index contributed by atoms with van der Waals surface area (Å²) in [6.07, 6.45) is 0. The third-order valence-electron chi connectivity index (χ3n) is 4.85. The largest absolute Gasteiger partial charge is 0.488 e. The summed E-state index contributed by atoms with van der Waals surface area (Å²) in [6, 6.07) is 23.7. The highest BCUT2D eigenvalue weighted by Gasteiger charge is 2.10. The van der Waals surface area contributed by atoms with Crippen molar-refractivity contribution in [2.45, 2.75) is 27.4 Å². The zero-order valence-electron chi connectivity index (χ0n) is 15.0. The molecule has 0 saturated carbocycles. The molecule has 0 N–H and O–H groups in total. The van der Waals surface area contributed by atoms with E-state index in [-0.39, 0.29) is 0 Å². The molecular weight excluding hydrogens is 304 g/mol. The van der Waals surface area contributed by atoms with Crippen molar-refractivity contribution in [3.63, 3.8) is 0 Å². The number of rotatable bonds is 3. The van der Waals surface area contributed by atoms with Crippen LogP contribution in [-0.4, -0.2) is 0 Å². The Hall–Kier alpha value is -2.80. The van der Waals surface area contributed by atoms with Crippen LogP contribution >= 0.6 is 0 Å². The topological polar surface area (TPSA) is 9.23 Å². The van der Waals surface area contributed by atoms with Gasteiger partial charge in [-0.15, -0.1) is 0 Å². The number of hydrogen-bond acceptors (Lipinski definition) is 1. The van der Waals surface area contributed by atoms with Crippen LogP contribution in [0, 0.1) is 20.8 Å². The maximum absolute atomic E-state index is 6.32. The average Bonchev–Trinajstić information content (AvgIpc) is 2.60. The van der Waals surface area contributed by atoms with Crippen LogP contribution in [0.4, 0.5) is 0 Å². The first-order valence-electron chi connectivity index (χ1n) is 8.73. The summed E-state index contributed by atoms with van der Waals surface area (Å²) in [4.78, 5) is 0. The third-order valence-corrected chi connectivity index (χ3v) is 4.85. The van der Waals surface area contributed by atoms with Crippen molar-refractivity contribution in [3.8, 4) is 5.75 Å². The molecule has 0 fully saturated rings. The Morgan fingerprint density at radius 1 is 0.680 bits per heavy atom. The Balaban J connectivity index is 1.83. The molecule has 25 heavy (non-hydrogen) atoms. The minimum Gasteiger partial charge on any atom is -0.488 e. The van der Waals surface area contributed by atoms with Crippen LogP contribution in [0.3, 0.4) is 0 Å². The summed E-state index contributed by atoms with van der Waals surface area (Å²) < 4.78 is 6.32. The fraction of sp³-hybridized carbons (Fsp3) is 0.167. The molecule has 0 unspecified atom stereocenters. The summed E-state index contributed by atoms with van der Waals surface area (Å²) in [6.45, 7) is 6.95. The van der Waals surface area contributed by atoms with Gasteiger partial charge >= 0.3 is 0 Å². The van der Waals surface area contributed by atoms with Gasteiger partial charge in [-0.25, -0.2) is 0 Å². The second-order valence-electron chi connectivity index (χ2n) is 6.81. The van der Waals surface area contributed by atoms with E-state index >= 15 is 0 Å². The van der Waals surface area contributed by atoms with Gasteiger partial charge < -0.3 is 4.74 Å². The molecule has 4 aromatic rings. The zero-order chi connectivity index (χ0) is 17.4. The Bertz CT molecular complexity index is 999. The number of fused-ring (bicyclic) bond motifs is 2.